The minimum Gasteiger partial charge on any atom is -0.370 e. The second kappa shape index (κ2) is 6.36. The molecule has 6 nitrogen and oxygen atoms in total. The Kier molecular flexibility index (Phi) is 4.54. The Hall–Kier alpha value is -1.85. The van der Waals surface area contributed by atoms with Gasteiger partial charge in [-0.05, 0) is 13.3 Å². The molecule has 1 fully saturated rings. The standard InChI is InChI=1S/C13H21N5O/c1-3-5-10-12(14-4-2)16-9-17-13(10)18-7-6-15-11(19)8-18/h9H,3-8H2,1-2H3,(H,15,19)(H,14,16,17). The third-order valence-electron chi connectivity index (χ3n) is 3.10. The average molecular weight is 263 g/mol. The predicted octanol–water partition coefficient (Wildman–Crippen LogP) is 0.797. The molecule has 2 heterocycles. The van der Waals surface area contributed by atoms with Crippen LogP contribution in [-0.4, -0.2) is 42.1 Å². The number of amides is 1. The Balaban J connectivity index is 2.31. The highest BCUT2D eigenvalue weighted by Gasteiger charge is 2.21. The molecule has 19 heavy (non-hydrogen) atoms. The van der Waals surface area contributed by atoms with E-state index in [2.05, 4.69) is 27.5 Å². The van der Waals surface area contributed by atoms with Gasteiger partial charge in [0.25, 0.3) is 0 Å². The van der Waals surface area contributed by atoms with Crippen molar-refractivity contribution >= 4 is 17.5 Å². The Morgan fingerprint density at radius 3 is 2.95 bits per heavy atom. The van der Waals surface area contributed by atoms with E-state index < -0.39 is 0 Å². The Bertz CT molecular complexity index is 449. The van der Waals surface area contributed by atoms with E-state index in [9.17, 15) is 4.79 Å². The summed E-state index contributed by atoms with van der Waals surface area (Å²) in [6.07, 6.45) is 3.51. The third kappa shape index (κ3) is 3.13. The molecule has 1 saturated heterocycles. The number of nitrogens with one attached hydrogen (secondary N) is 2. The van der Waals surface area contributed by atoms with E-state index in [4.69, 9.17) is 0 Å². The first-order chi connectivity index (χ1) is 9.26. The molecule has 1 aliphatic rings. The molecule has 0 atom stereocenters. The lowest BCUT2D eigenvalue weighted by Crippen LogP contribution is -2.48. The van der Waals surface area contributed by atoms with Gasteiger partial charge in [0.15, 0.2) is 0 Å². The molecule has 104 valence electrons. The van der Waals surface area contributed by atoms with Crippen molar-refractivity contribution in [1.82, 2.24) is 15.3 Å². The number of anilines is 2. The molecular formula is C13H21N5O. The van der Waals surface area contributed by atoms with Gasteiger partial charge in [-0.2, -0.15) is 0 Å². The van der Waals surface area contributed by atoms with Crippen molar-refractivity contribution in [2.45, 2.75) is 26.7 Å². The van der Waals surface area contributed by atoms with E-state index in [0.717, 1.165) is 43.1 Å². The number of carbonyl (C=O) groups is 1. The van der Waals surface area contributed by atoms with Gasteiger partial charge in [0.1, 0.15) is 18.0 Å². The fraction of sp³-hybridized carbons (Fsp3) is 0.615. The highest BCUT2D eigenvalue weighted by molar-refractivity contribution is 5.82. The minimum atomic E-state index is 0.0531. The smallest absolute Gasteiger partial charge is 0.239 e. The van der Waals surface area contributed by atoms with Crippen molar-refractivity contribution in [2.75, 3.05) is 36.4 Å². The molecule has 0 bridgehead atoms. The molecule has 2 N–H and O–H groups in total. The molecule has 0 aliphatic carbocycles. The summed E-state index contributed by atoms with van der Waals surface area (Å²) >= 11 is 0. The third-order valence-corrected chi connectivity index (χ3v) is 3.10. The van der Waals surface area contributed by atoms with Crippen molar-refractivity contribution in [2.24, 2.45) is 0 Å². The maximum Gasteiger partial charge on any atom is 0.239 e. The van der Waals surface area contributed by atoms with Crippen LogP contribution in [0.1, 0.15) is 25.8 Å². The summed E-state index contributed by atoms with van der Waals surface area (Å²) < 4.78 is 0. The topological polar surface area (TPSA) is 70.2 Å². The lowest BCUT2D eigenvalue weighted by Gasteiger charge is -2.29. The van der Waals surface area contributed by atoms with Crippen LogP contribution in [0.4, 0.5) is 11.6 Å². The Morgan fingerprint density at radius 1 is 1.42 bits per heavy atom. The molecular weight excluding hydrogens is 242 g/mol. The van der Waals surface area contributed by atoms with Crippen LogP contribution in [0.3, 0.4) is 0 Å². The summed E-state index contributed by atoms with van der Waals surface area (Å²) in [7, 11) is 0. The van der Waals surface area contributed by atoms with E-state index in [1.54, 1.807) is 6.33 Å². The second-order valence-corrected chi connectivity index (χ2v) is 4.58. The van der Waals surface area contributed by atoms with Crippen molar-refractivity contribution in [3.8, 4) is 0 Å². The summed E-state index contributed by atoms with van der Waals surface area (Å²) in [4.78, 5) is 22.3. The monoisotopic (exact) mass is 263 g/mol. The van der Waals surface area contributed by atoms with Crippen LogP contribution >= 0.6 is 0 Å². The van der Waals surface area contributed by atoms with E-state index in [0.29, 0.717) is 13.1 Å². The number of nitrogens with zero attached hydrogens (tertiary/aromatic N) is 3. The summed E-state index contributed by atoms with van der Waals surface area (Å²) in [5.41, 5.74) is 1.11. The quantitative estimate of drug-likeness (QED) is 0.822. The molecule has 0 spiro atoms. The van der Waals surface area contributed by atoms with E-state index in [-0.39, 0.29) is 5.91 Å². The second-order valence-electron chi connectivity index (χ2n) is 4.58. The SMILES string of the molecule is CCCc1c(NCC)ncnc1N1CCNC(=O)C1. The molecule has 1 aliphatic heterocycles. The first-order valence-corrected chi connectivity index (χ1v) is 6.85. The fourth-order valence-corrected chi connectivity index (χ4v) is 2.29. The number of piperazine rings is 1. The van der Waals surface area contributed by atoms with Crippen LogP contribution in [0.25, 0.3) is 0 Å². The van der Waals surface area contributed by atoms with E-state index >= 15 is 0 Å². The Labute approximate surface area is 113 Å². The minimum absolute atomic E-state index is 0.0531. The fourth-order valence-electron chi connectivity index (χ4n) is 2.29. The molecule has 0 saturated carbocycles. The number of rotatable bonds is 5. The normalized spacial score (nSPS) is 15.3. The summed E-state index contributed by atoms with van der Waals surface area (Å²) in [5.74, 6) is 1.83. The lowest BCUT2D eigenvalue weighted by molar-refractivity contribution is -0.120. The molecule has 1 aromatic rings. The van der Waals surface area contributed by atoms with Gasteiger partial charge < -0.3 is 15.5 Å². The molecule has 1 amide bonds. The summed E-state index contributed by atoms with van der Waals surface area (Å²) in [6, 6.07) is 0. The van der Waals surface area contributed by atoms with Crippen LogP contribution in [0.5, 0.6) is 0 Å². The molecule has 2 rings (SSSR count). The van der Waals surface area contributed by atoms with Crippen molar-refractivity contribution in [1.29, 1.82) is 0 Å². The maximum absolute atomic E-state index is 11.5. The van der Waals surface area contributed by atoms with Crippen LogP contribution in [-0.2, 0) is 11.2 Å². The van der Waals surface area contributed by atoms with Crippen molar-refractivity contribution < 1.29 is 4.79 Å². The number of carbonyl (C=O) groups excluding carboxylic acids is 1. The maximum atomic E-state index is 11.5. The zero-order chi connectivity index (χ0) is 13.7. The van der Waals surface area contributed by atoms with Gasteiger partial charge in [0.05, 0.1) is 6.54 Å². The van der Waals surface area contributed by atoms with E-state index in [1.807, 2.05) is 11.8 Å². The summed E-state index contributed by atoms with van der Waals surface area (Å²) in [6.45, 7) is 6.85. The number of hydrogen-bond donors (Lipinski definition) is 2. The van der Waals surface area contributed by atoms with Crippen molar-refractivity contribution in [3.05, 3.63) is 11.9 Å². The zero-order valence-electron chi connectivity index (χ0n) is 11.6. The molecule has 0 aromatic carbocycles. The van der Waals surface area contributed by atoms with Crippen LogP contribution in [0, 0.1) is 0 Å². The van der Waals surface area contributed by atoms with Gasteiger partial charge in [0.2, 0.25) is 5.91 Å². The average Bonchev–Trinajstić information content (AvgIpc) is 2.41. The van der Waals surface area contributed by atoms with Crippen LogP contribution in [0.2, 0.25) is 0 Å². The van der Waals surface area contributed by atoms with Gasteiger partial charge in [0, 0.05) is 25.2 Å². The molecule has 0 unspecified atom stereocenters. The van der Waals surface area contributed by atoms with Crippen molar-refractivity contribution in [3.63, 3.8) is 0 Å². The molecule has 6 heteroatoms. The van der Waals surface area contributed by atoms with Gasteiger partial charge in [-0.3, -0.25) is 4.79 Å². The largest absolute Gasteiger partial charge is 0.370 e. The highest BCUT2D eigenvalue weighted by Crippen LogP contribution is 2.25. The number of aromatic nitrogens is 2. The lowest BCUT2D eigenvalue weighted by atomic mass is 10.1. The van der Waals surface area contributed by atoms with Crippen LogP contribution in [0.15, 0.2) is 6.33 Å². The number of hydrogen-bond acceptors (Lipinski definition) is 5. The first kappa shape index (κ1) is 13.6. The molecule has 1 aromatic heterocycles. The predicted molar refractivity (Wildman–Crippen MR) is 75.4 cm³/mol. The van der Waals surface area contributed by atoms with Gasteiger partial charge in [-0.1, -0.05) is 13.3 Å². The summed E-state index contributed by atoms with van der Waals surface area (Å²) in [5, 5.41) is 6.11. The van der Waals surface area contributed by atoms with Gasteiger partial charge in [-0.25, -0.2) is 9.97 Å². The highest BCUT2D eigenvalue weighted by atomic mass is 16.2. The Morgan fingerprint density at radius 2 is 2.26 bits per heavy atom. The zero-order valence-corrected chi connectivity index (χ0v) is 11.6. The first-order valence-electron chi connectivity index (χ1n) is 6.85. The van der Waals surface area contributed by atoms with Gasteiger partial charge in [-0.15, -0.1) is 0 Å². The van der Waals surface area contributed by atoms with Crippen LogP contribution < -0.4 is 15.5 Å². The van der Waals surface area contributed by atoms with E-state index in [1.165, 1.54) is 0 Å². The molecule has 0 radical (unpaired) electrons. The van der Waals surface area contributed by atoms with Gasteiger partial charge >= 0.3 is 0 Å².